The van der Waals surface area contributed by atoms with Crippen LogP contribution in [0.25, 0.3) is 0 Å². The van der Waals surface area contributed by atoms with Crippen LogP contribution in [0.15, 0.2) is 29.8 Å². The first kappa shape index (κ1) is 14.0. The maximum atomic E-state index is 13.2. The van der Waals surface area contributed by atoms with E-state index in [4.69, 9.17) is 10.5 Å². The minimum atomic E-state index is -1.74. The molecule has 0 spiro atoms. The van der Waals surface area contributed by atoms with E-state index in [9.17, 15) is 18.4 Å². The number of benzene rings is 1. The summed E-state index contributed by atoms with van der Waals surface area (Å²) >= 11 is 0. The van der Waals surface area contributed by atoms with Gasteiger partial charge in [0.05, 0.1) is 0 Å². The van der Waals surface area contributed by atoms with Crippen molar-refractivity contribution in [2.75, 3.05) is 0 Å². The average Bonchev–Trinajstić information content (AvgIpc) is 2.52. The van der Waals surface area contributed by atoms with Crippen LogP contribution in [0.4, 0.5) is 8.78 Å². The summed E-state index contributed by atoms with van der Waals surface area (Å²) < 4.78 is 36.3. The van der Waals surface area contributed by atoms with Gasteiger partial charge in [0.1, 0.15) is 11.6 Å². The predicted octanol–water partition coefficient (Wildman–Crippen LogP) is 1.47. The highest BCUT2D eigenvalue weighted by Gasteiger charge is 2.49. The fourth-order valence-corrected chi connectivity index (χ4v) is 1.90. The summed E-state index contributed by atoms with van der Waals surface area (Å²) in [5.74, 6) is -4.14. The second kappa shape index (κ2) is 4.59. The van der Waals surface area contributed by atoms with Gasteiger partial charge < -0.3 is 15.2 Å². The van der Waals surface area contributed by atoms with Gasteiger partial charge in [-0.3, -0.25) is 9.59 Å². The Kier molecular flexibility index (Phi) is 3.21. The number of Topliss-reactive ketones (excluding diaryl/α,β-unsaturated/α-hetero) is 1. The van der Waals surface area contributed by atoms with Crippen LogP contribution < -0.4 is 5.73 Å². The van der Waals surface area contributed by atoms with Crippen molar-refractivity contribution in [3.05, 3.63) is 47.0 Å². The first-order chi connectivity index (χ1) is 9.24. The number of ether oxygens (including phenoxy) is 2. The second-order valence-electron chi connectivity index (χ2n) is 4.41. The highest BCUT2D eigenvalue weighted by molar-refractivity contribution is 6.04. The van der Waals surface area contributed by atoms with Crippen molar-refractivity contribution >= 4 is 11.8 Å². The van der Waals surface area contributed by atoms with E-state index < -0.39 is 40.6 Å². The van der Waals surface area contributed by atoms with Crippen LogP contribution in [0.1, 0.15) is 19.4 Å². The molecular weight excluding hydrogens is 272 g/mol. The van der Waals surface area contributed by atoms with Crippen molar-refractivity contribution in [3.8, 4) is 0 Å². The zero-order chi connectivity index (χ0) is 15.1. The van der Waals surface area contributed by atoms with E-state index in [2.05, 4.69) is 4.74 Å². The molecule has 1 aliphatic rings. The molecule has 0 bridgehead atoms. The van der Waals surface area contributed by atoms with Crippen LogP contribution in [-0.4, -0.2) is 11.8 Å². The summed E-state index contributed by atoms with van der Waals surface area (Å²) in [6.07, 6.45) is 0. The first-order valence-corrected chi connectivity index (χ1v) is 5.62. The molecule has 7 heteroatoms. The lowest BCUT2D eigenvalue weighted by Crippen LogP contribution is -2.32. The third kappa shape index (κ3) is 2.22. The number of carbonyl (C=O) groups is 2. The summed E-state index contributed by atoms with van der Waals surface area (Å²) in [7, 11) is 0. The van der Waals surface area contributed by atoms with Gasteiger partial charge in [0.15, 0.2) is 5.60 Å². The molecule has 5 nitrogen and oxygen atoms in total. The normalized spacial score (nSPS) is 21.9. The predicted molar refractivity (Wildman–Crippen MR) is 62.8 cm³/mol. The van der Waals surface area contributed by atoms with Crippen molar-refractivity contribution in [1.29, 1.82) is 0 Å². The van der Waals surface area contributed by atoms with E-state index in [0.717, 1.165) is 19.1 Å². The largest absolute Gasteiger partial charge is 0.457 e. The minimum absolute atomic E-state index is 0.0647. The zero-order valence-corrected chi connectivity index (χ0v) is 10.7. The van der Waals surface area contributed by atoms with Crippen molar-refractivity contribution in [2.24, 2.45) is 5.73 Å². The van der Waals surface area contributed by atoms with E-state index in [1.54, 1.807) is 0 Å². The molecule has 1 heterocycles. The third-order valence-electron chi connectivity index (χ3n) is 2.84. The van der Waals surface area contributed by atoms with E-state index in [0.29, 0.717) is 6.07 Å². The molecule has 1 atom stereocenters. The molecule has 1 unspecified atom stereocenters. The summed E-state index contributed by atoms with van der Waals surface area (Å²) in [5.41, 5.74) is 3.68. The van der Waals surface area contributed by atoms with Crippen LogP contribution in [0.2, 0.25) is 0 Å². The van der Waals surface area contributed by atoms with E-state index in [1.807, 2.05) is 0 Å². The molecule has 20 heavy (non-hydrogen) atoms. The van der Waals surface area contributed by atoms with Crippen LogP contribution in [0.5, 0.6) is 0 Å². The Hall–Kier alpha value is -2.44. The van der Waals surface area contributed by atoms with E-state index >= 15 is 0 Å². The Bertz CT molecular complexity index is 621. The lowest BCUT2D eigenvalue weighted by atomic mass is 9.91. The smallest absolute Gasteiger partial charge is 0.308 e. The Morgan fingerprint density at radius 2 is 1.85 bits per heavy atom. The molecule has 0 amide bonds. The van der Waals surface area contributed by atoms with Crippen molar-refractivity contribution in [2.45, 2.75) is 19.4 Å². The Morgan fingerprint density at radius 3 is 2.35 bits per heavy atom. The number of hydrogen-bond acceptors (Lipinski definition) is 5. The van der Waals surface area contributed by atoms with Crippen LogP contribution >= 0.6 is 0 Å². The molecule has 0 saturated heterocycles. The fourth-order valence-electron chi connectivity index (χ4n) is 1.90. The van der Waals surface area contributed by atoms with Crippen molar-refractivity contribution < 1.29 is 27.8 Å². The topological polar surface area (TPSA) is 78.6 Å². The number of rotatable bonds is 2. The molecule has 1 aromatic carbocycles. The maximum Gasteiger partial charge on any atom is 0.308 e. The van der Waals surface area contributed by atoms with Gasteiger partial charge in [-0.15, -0.1) is 0 Å². The van der Waals surface area contributed by atoms with Gasteiger partial charge in [0.25, 0.3) is 5.78 Å². The number of nitrogens with two attached hydrogens (primary N) is 1. The van der Waals surface area contributed by atoms with Crippen LogP contribution in [-0.2, 0) is 24.7 Å². The number of esters is 1. The number of halogens is 2. The Balaban J connectivity index is 2.44. The Morgan fingerprint density at radius 1 is 1.30 bits per heavy atom. The Labute approximate surface area is 113 Å². The molecule has 106 valence electrons. The zero-order valence-electron chi connectivity index (χ0n) is 10.7. The molecular formula is C13H11F2NO4. The maximum absolute atomic E-state index is 13.2. The van der Waals surface area contributed by atoms with Crippen molar-refractivity contribution in [1.82, 2.24) is 0 Å². The van der Waals surface area contributed by atoms with Gasteiger partial charge in [-0.25, -0.2) is 8.78 Å². The molecule has 2 rings (SSSR count). The van der Waals surface area contributed by atoms with Gasteiger partial charge >= 0.3 is 5.97 Å². The molecule has 0 saturated carbocycles. The average molecular weight is 283 g/mol. The van der Waals surface area contributed by atoms with Gasteiger partial charge in [0.2, 0.25) is 11.6 Å². The molecule has 1 aromatic rings. The van der Waals surface area contributed by atoms with E-state index in [-0.39, 0.29) is 5.56 Å². The lowest BCUT2D eigenvalue weighted by Gasteiger charge is -2.22. The van der Waals surface area contributed by atoms with Gasteiger partial charge in [-0.2, -0.15) is 0 Å². The summed E-state index contributed by atoms with van der Waals surface area (Å²) in [6, 6.07) is 2.56. The summed E-state index contributed by atoms with van der Waals surface area (Å²) in [4.78, 5) is 23.1. The van der Waals surface area contributed by atoms with Crippen LogP contribution in [0.3, 0.4) is 0 Å². The highest BCUT2D eigenvalue weighted by Crippen LogP contribution is 2.38. The SMILES string of the molecule is CC(=O)OC1=C(N)OC(C)(c2cc(F)cc(F)c2)C1=O. The molecule has 0 aromatic heterocycles. The summed E-state index contributed by atoms with van der Waals surface area (Å²) in [5, 5.41) is 0. The molecule has 0 aliphatic carbocycles. The number of hydrogen-bond donors (Lipinski definition) is 1. The quantitative estimate of drug-likeness (QED) is 0.831. The molecule has 0 fully saturated rings. The number of ketones is 1. The monoisotopic (exact) mass is 283 g/mol. The molecule has 0 radical (unpaired) electrons. The van der Waals surface area contributed by atoms with Gasteiger partial charge in [-0.05, 0) is 19.1 Å². The summed E-state index contributed by atoms with van der Waals surface area (Å²) in [6.45, 7) is 2.37. The highest BCUT2D eigenvalue weighted by atomic mass is 19.1. The first-order valence-electron chi connectivity index (χ1n) is 5.62. The molecule has 1 aliphatic heterocycles. The number of carbonyl (C=O) groups excluding carboxylic acids is 2. The standard InChI is InChI=1S/C13H11F2NO4/c1-6(17)19-10-11(18)13(2,20-12(10)16)7-3-8(14)5-9(15)4-7/h3-5H,16H2,1-2H3. The third-order valence-corrected chi connectivity index (χ3v) is 2.84. The van der Waals surface area contributed by atoms with Gasteiger partial charge in [-0.1, -0.05) is 0 Å². The second-order valence-corrected chi connectivity index (χ2v) is 4.41. The molecule has 2 N–H and O–H groups in total. The van der Waals surface area contributed by atoms with Gasteiger partial charge in [0, 0.05) is 18.6 Å². The lowest BCUT2D eigenvalue weighted by molar-refractivity contribution is -0.142. The van der Waals surface area contributed by atoms with E-state index in [1.165, 1.54) is 6.92 Å². The van der Waals surface area contributed by atoms with Crippen molar-refractivity contribution in [3.63, 3.8) is 0 Å². The fraction of sp³-hybridized carbons (Fsp3) is 0.231. The minimum Gasteiger partial charge on any atom is -0.457 e. The van der Waals surface area contributed by atoms with Crippen LogP contribution in [0, 0.1) is 11.6 Å².